The first kappa shape index (κ1) is 23.6. The molecule has 2 amide bonds. The SMILES string of the molecule is CC(=O)N1CCN(C(=O)c2cccc(OC[C@@H]3c4ccccc4CN3c3cn[nH]c(=O)c3C)c2)CC1. The molecule has 0 bridgehead atoms. The number of fused-ring (bicyclic) bond motifs is 1. The number of nitrogens with one attached hydrogen (secondary N) is 1. The number of carbonyl (C=O) groups excluding carboxylic acids is 2. The molecule has 1 aromatic heterocycles. The summed E-state index contributed by atoms with van der Waals surface area (Å²) in [6.07, 6.45) is 1.68. The van der Waals surface area contributed by atoms with E-state index in [0.29, 0.717) is 56.2 Å². The fourth-order valence-electron chi connectivity index (χ4n) is 4.94. The molecule has 2 aromatic carbocycles. The van der Waals surface area contributed by atoms with Gasteiger partial charge in [-0.15, -0.1) is 0 Å². The molecule has 0 radical (unpaired) electrons. The average molecular weight is 488 g/mol. The third kappa shape index (κ3) is 4.56. The molecule has 3 aromatic rings. The van der Waals surface area contributed by atoms with Crippen LogP contribution < -0.4 is 15.2 Å². The number of hydrogen-bond acceptors (Lipinski definition) is 6. The number of ether oxygens (including phenoxy) is 1. The second kappa shape index (κ2) is 9.85. The predicted molar refractivity (Wildman–Crippen MR) is 135 cm³/mol. The molecule has 1 atom stereocenters. The van der Waals surface area contributed by atoms with Gasteiger partial charge in [-0.1, -0.05) is 30.3 Å². The molecule has 5 rings (SSSR count). The molecule has 2 aliphatic heterocycles. The Hall–Kier alpha value is -4.14. The van der Waals surface area contributed by atoms with E-state index < -0.39 is 0 Å². The van der Waals surface area contributed by atoms with E-state index in [0.717, 1.165) is 11.3 Å². The molecule has 0 saturated carbocycles. The summed E-state index contributed by atoms with van der Waals surface area (Å²) in [6.45, 7) is 6.47. The van der Waals surface area contributed by atoms with Crippen molar-refractivity contribution in [3.05, 3.63) is 87.3 Å². The van der Waals surface area contributed by atoms with Crippen molar-refractivity contribution < 1.29 is 14.3 Å². The van der Waals surface area contributed by atoms with Gasteiger partial charge in [0, 0.05) is 50.8 Å². The lowest BCUT2D eigenvalue weighted by atomic mass is 10.1. The van der Waals surface area contributed by atoms with Gasteiger partial charge in [0.05, 0.1) is 17.9 Å². The fourth-order valence-corrected chi connectivity index (χ4v) is 4.94. The van der Waals surface area contributed by atoms with Crippen LogP contribution in [0.3, 0.4) is 0 Å². The van der Waals surface area contributed by atoms with Gasteiger partial charge in [-0.05, 0) is 36.2 Å². The van der Waals surface area contributed by atoms with Gasteiger partial charge in [-0.25, -0.2) is 5.10 Å². The maximum absolute atomic E-state index is 13.1. The molecule has 1 N–H and O–H groups in total. The highest BCUT2D eigenvalue weighted by Gasteiger charge is 2.32. The van der Waals surface area contributed by atoms with Gasteiger partial charge in [0.15, 0.2) is 0 Å². The number of anilines is 1. The van der Waals surface area contributed by atoms with Gasteiger partial charge in [0.1, 0.15) is 12.4 Å². The lowest BCUT2D eigenvalue weighted by Gasteiger charge is -2.34. The van der Waals surface area contributed by atoms with E-state index in [2.05, 4.69) is 27.2 Å². The van der Waals surface area contributed by atoms with Crippen LogP contribution in [0.1, 0.15) is 40.0 Å². The number of aromatic nitrogens is 2. The molecule has 0 aliphatic carbocycles. The first-order chi connectivity index (χ1) is 17.4. The largest absolute Gasteiger partial charge is 0.491 e. The smallest absolute Gasteiger partial charge is 0.269 e. The number of rotatable bonds is 5. The average Bonchev–Trinajstić information content (AvgIpc) is 3.27. The molecule has 186 valence electrons. The molecular weight excluding hydrogens is 458 g/mol. The Morgan fingerprint density at radius 1 is 1.06 bits per heavy atom. The minimum absolute atomic E-state index is 0.0334. The lowest BCUT2D eigenvalue weighted by Crippen LogP contribution is -2.50. The van der Waals surface area contributed by atoms with E-state index in [1.807, 2.05) is 24.3 Å². The van der Waals surface area contributed by atoms with E-state index in [4.69, 9.17) is 4.74 Å². The third-order valence-electron chi connectivity index (χ3n) is 7.02. The second-order valence-electron chi connectivity index (χ2n) is 9.19. The van der Waals surface area contributed by atoms with Crippen LogP contribution >= 0.6 is 0 Å². The number of carbonyl (C=O) groups is 2. The Kier molecular flexibility index (Phi) is 6.45. The Balaban J connectivity index is 1.32. The first-order valence-corrected chi connectivity index (χ1v) is 12.1. The zero-order chi connectivity index (χ0) is 25.2. The topological polar surface area (TPSA) is 98.8 Å². The van der Waals surface area contributed by atoms with Crippen molar-refractivity contribution in [2.24, 2.45) is 0 Å². The van der Waals surface area contributed by atoms with Crippen molar-refractivity contribution in [2.45, 2.75) is 26.4 Å². The highest BCUT2D eigenvalue weighted by Crippen LogP contribution is 2.38. The maximum Gasteiger partial charge on any atom is 0.269 e. The summed E-state index contributed by atoms with van der Waals surface area (Å²) in [6, 6.07) is 15.3. The van der Waals surface area contributed by atoms with Gasteiger partial charge >= 0.3 is 0 Å². The molecular formula is C27H29N5O4. The van der Waals surface area contributed by atoms with Crippen molar-refractivity contribution in [1.29, 1.82) is 0 Å². The van der Waals surface area contributed by atoms with Gasteiger partial charge in [-0.3, -0.25) is 14.4 Å². The maximum atomic E-state index is 13.1. The summed E-state index contributed by atoms with van der Waals surface area (Å²) >= 11 is 0. The lowest BCUT2D eigenvalue weighted by molar-refractivity contribution is -0.130. The van der Waals surface area contributed by atoms with Crippen LogP contribution in [0.4, 0.5) is 5.69 Å². The molecule has 9 nitrogen and oxygen atoms in total. The van der Waals surface area contributed by atoms with Crippen molar-refractivity contribution in [2.75, 3.05) is 37.7 Å². The highest BCUT2D eigenvalue weighted by molar-refractivity contribution is 5.94. The zero-order valence-electron chi connectivity index (χ0n) is 20.4. The van der Waals surface area contributed by atoms with E-state index >= 15 is 0 Å². The summed E-state index contributed by atoms with van der Waals surface area (Å²) in [5.74, 6) is 0.570. The minimum Gasteiger partial charge on any atom is -0.491 e. The number of amides is 2. The van der Waals surface area contributed by atoms with E-state index in [9.17, 15) is 14.4 Å². The number of aromatic amines is 1. The number of hydrogen-bond donors (Lipinski definition) is 1. The van der Waals surface area contributed by atoms with E-state index in [1.165, 1.54) is 5.56 Å². The van der Waals surface area contributed by atoms with Gasteiger partial charge in [-0.2, -0.15) is 5.10 Å². The predicted octanol–water partition coefficient (Wildman–Crippen LogP) is 2.52. The number of piperazine rings is 1. The van der Waals surface area contributed by atoms with Crippen LogP contribution in [-0.4, -0.2) is 64.6 Å². The Bertz CT molecular complexity index is 1350. The molecule has 0 spiro atoms. The van der Waals surface area contributed by atoms with Crippen LogP contribution in [-0.2, 0) is 11.3 Å². The molecule has 2 aliphatic rings. The van der Waals surface area contributed by atoms with Crippen LogP contribution in [0.5, 0.6) is 5.75 Å². The molecule has 0 unspecified atom stereocenters. The van der Waals surface area contributed by atoms with Crippen LogP contribution in [0.15, 0.2) is 59.5 Å². The molecule has 3 heterocycles. The van der Waals surface area contributed by atoms with E-state index in [-0.39, 0.29) is 23.4 Å². The monoisotopic (exact) mass is 487 g/mol. The normalized spacial score (nSPS) is 17.2. The zero-order valence-corrected chi connectivity index (χ0v) is 20.4. The van der Waals surface area contributed by atoms with Crippen LogP contribution in [0.2, 0.25) is 0 Å². The summed E-state index contributed by atoms with van der Waals surface area (Å²) < 4.78 is 6.22. The van der Waals surface area contributed by atoms with Gasteiger partial charge in [0.2, 0.25) is 5.91 Å². The molecule has 9 heteroatoms. The van der Waals surface area contributed by atoms with Crippen molar-refractivity contribution in [3.63, 3.8) is 0 Å². The van der Waals surface area contributed by atoms with Crippen LogP contribution in [0.25, 0.3) is 0 Å². The first-order valence-electron chi connectivity index (χ1n) is 12.1. The van der Waals surface area contributed by atoms with Crippen molar-refractivity contribution in [3.8, 4) is 5.75 Å². The second-order valence-corrected chi connectivity index (χ2v) is 9.19. The van der Waals surface area contributed by atoms with E-state index in [1.54, 1.807) is 42.0 Å². The summed E-state index contributed by atoms with van der Waals surface area (Å²) in [7, 11) is 0. The quantitative estimate of drug-likeness (QED) is 0.594. The third-order valence-corrected chi connectivity index (χ3v) is 7.02. The minimum atomic E-state index is -0.210. The Morgan fingerprint density at radius 2 is 1.81 bits per heavy atom. The van der Waals surface area contributed by atoms with Crippen LogP contribution in [0, 0.1) is 6.92 Å². The van der Waals surface area contributed by atoms with Gasteiger partial charge in [0.25, 0.3) is 11.5 Å². The number of benzene rings is 2. The summed E-state index contributed by atoms with van der Waals surface area (Å²) in [4.78, 5) is 42.5. The summed E-state index contributed by atoms with van der Waals surface area (Å²) in [5, 5.41) is 6.50. The van der Waals surface area contributed by atoms with Crippen molar-refractivity contribution >= 4 is 17.5 Å². The number of nitrogens with zero attached hydrogens (tertiary/aromatic N) is 4. The van der Waals surface area contributed by atoms with Gasteiger partial charge < -0.3 is 19.4 Å². The fraction of sp³-hybridized carbons (Fsp3) is 0.333. The Labute approximate surface area is 209 Å². The summed E-state index contributed by atoms with van der Waals surface area (Å²) in [5.41, 5.74) is 4.06. The van der Waals surface area contributed by atoms with Crippen molar-refractivity contribution in [1.82, 2.24) is 20.0 Å². The molecule has 1 fully saturated rings. The Morgan fingerprint density at radius 3 is 2.58 bits per heavy atom. The number of H-pyrrole nitrogens is 1. The molecule has 36 heavy (non-hydrogen) atoms. The highest BCUT2D eigenvalue weighted by atomic mass is 16.5. The standard InChI is InChI=1S/C27H29N5O4/c1-18-24(15-28-29-26(18)34)32-16-21-6-3-4-9-23(21)25(32)17-36-22-8-5-7-20(14-22)27(35)31-12-10-30(11-13-31)19(2)33/h3-9,14-15,25H,10-13,16-17H2,1-2H3,(H,29,34)/t25-/m1/s1. The molecule has 1 saturated heterocycles.